The fourth-order valence-electron chi connectivity index (χ4n) is 2.15. The minimum absolute atomic E-state index is 0.0304. The number of benzene rings is 1. The van der Waals surface area contributed by atoms with Crippen molar-refractivity contribution in [3.63, 3.8) is 0 Å². The van der Waals surface area contributed by atoms with Crippen molar-refractivity contribution in [2.75, 3.05) is 23.8 Å². The monoisotopic (exact) mass is 305 g/mol. The Bertz CT molecular complexity index is 728. The molecule has 3 rings (SSSR count). The first kappa shape index (κ1) is 13.4. The smallest absolute Gasteiger partial charge is 0.339 e. The van der Waals surface area contributed by atoms with Crippen LogP contribution in [0.3, 0.4) is 0 Å². The topological polar surface area (TPSA) is 106 Å². The molecule has 7 nitrogen and oxygen atoms in total. The SMILES string of the molecule is Nc1nc(C(=O)N2CCOc3c(C(=O)O)cccc32)cs1. The lowest BCUT2D eigenvalue weighted by molar-refractivity contribution is 0.0690. The van der Waals surface area contributed by atoms with E-state index in [1.807, 2.05) is 0 Å². The van der Waals surface area contributed by atoms with Gasteiger partial charge >= 0.3 is 5.97 Å². The highest BCUT2D eigenvalue weighted by atomic mass is 32.1. The molecule has 0 saturated carbocycles. The fraction of sp³-hybridized carbons (Fsp3) is 0.154. The normalized spacial score (nSPS) is 13.4. The number of aromatic carboxylic acids is 1. The first-order valence-corrected chi connectivity index (χ1v) is 6.98. The van der Waals surface area contributed by atoms with Gasteiger partial charge in [0, 0.05) is 5.38 Å². The van der Waals surface area contributed by atoms with Crippen molar-refractivity contribution in [3.8, 4) is 5.75 Å². The van der Waals surface area contributed by atoms with Gasteiger partial charge in [0.2, 0.25) is 0 Å². The van der Waals surface area contributed by atoms with Crippen molar-refractivity contribution in [3.05, 3.63) is 34.8 Å². The summed E-state index contributed by atoms with van der Waals surface area (Å²) in [6.45, 7) is 0.551. The predicted molar refractivity (Wildman–Crippen MR) is 77.1 cm³/mol. The fourth-order valence-corrected chi connectivity index (χ4v) is 2.69. The summed E-state index contributed by atoms with van der Waals surface area (Å²) in [5, 5.41) is 11.1. The van der Waals surface area contributed by atoms with Crippen LogP contribution in [-0.2, 0) is 0 Å². The van der Waals surface area contributed by atoms with Gasteiger partial charge < -0.3 is 20.5 Å². The highest BCUT2D eigenvalue weighted by molar-refractivity contribution is 7.13. The molecule has 2 aromatic rings. The second-order valence-electron chi connectivity index (χ2n) is 4.34. The van der Waals surface area contributed by atoms with Crippen LogP contribution in [0.4, 0.5) is 10.8 Å². The summed E-state index contributed by atoms with van der Waals surface area (Å²) in [4.78, 5) is 29.1. The Morgan fingerprint density at radius 1 is 1.43 bits per heavy atom. The third-order valence-corrected chi connectivity index (χ3v) is 3.74. The van der Waals surface area contributed by atoms with Crippen LogP contribution < -0.4 is 15.4 Å². The minimum atomic E-state index is -1.10. The summed E-state index contributed by atoms with van der Waals surface area (Å²) in [5.41, 5.74) is 6.24. The summed E-state index contributed by atoms with van der Waals surface area (Å²) < 4.78 is 5.42. The molecule has 0 unspecified atom stereocenters. The Labute approximate surface area is 123 Å². The first-order chi connectivity index (χ1) is 10.1. The molecule has 8 heteroatoms. The highest BCUT2D eigenvalue weighted by Gasteiger charge is 2.29. The number of hydrogen-bond donors (Lipinski definition) is 2. The molecule has 0 aliphatic carbocycles. The van der Waals surface area contributed by atoms with E-state index >= 15 is 0 Å². The van der Waals surface area contributed by atoms with E-state index in [9.17, 15) is 14.7 Å². The Hall–Kier alpha value is -2.61. The average Bonchev–Trinajstić information content (AvgIpc) is 2.91. The number of ether oxygens (including phenoxy) is 1. The number of thiazole rings is 1. The molecule has 1 aliphatic rings. The van der Waals surface area contributed by atoms with Gasteiger partial charge in [-0.3, -0.25) is 4.79 Å². The summed E-state index contributed by atoms with van der Waals surface area (Å²) >= 11 is 1.18. The van der Waals surface area contributed by atoms with E-state index in [0.29, 0.717) is 17.4 Å². The lowest BCUT2D eigenvalue weighted by Crippen LogP contribution is -2.38. The van der Waals surface area contributed by atoms with E-state index in [-0.39, 0.29) is 29.5 Å². The average molecular weight is 305 g/mol. The molecule has 108 valence electrons. The Morgan fingerprint density at radius 3 is 2.90 bits per heavy atom. The maximum absolute atomic E-state index is 12.5. The van der Waals surface area contributed by atoms with Crippen molar-refractivity contribution in [2.45, 2.75) is 0 Å². The van der Waals surface area contributed by atoms with Gasteiger partial charge in [-0.25, -0.2) is 9.78 Å². The van der Waals surface area contributed by atoms with Crippen molar-refractivity contribution in [1.82, 2.24) is 4.98 Å². The minimum Gasteiger partial charge on any atom is -0.489 e. The number of fused-ring (bicyclic) bond motifs is 1. The number of nitrogen functional groups attached to an aromatic ring is 1. The quantitative estimate of drug-likeness (QED) is 0.870. The first-order valence-electron chi connectivity index (χ1n) is 6.10. The van der Waals surface area contributed by atoms with E-state index in [1.165, 1.54) is 22.3 Å². The standard InChI is InChI=1S/C13H11N3O4S/c14-13-15-8(6-21-13)11(17)16-4-5-20-10-7(12(18)19)2-1-3-9(10)16/h1-3,6H,4-5H2,(H2,14,15)(H,18,19). The van der Waals surface area contributed by atoms with Gasteiger partial charge in [-0.2, -0.15) is 0 Å². The summed E-state index contributed by atoms with van der Waals surface area (Å²) in [5.74, 6) is -1.22. The van der Waals surface area contributed by atoms with Gasteiger partial charge in [-0.1, -0.05) is 6.07 Å². The molecule has 1 aromatic carbocycles. The Morgan fingerprint density at radius 2 is 2.24 bits per heavy atom. The van der Waals surface area contributed by atoms with Crippen molar-refractivity contribution >= 4 is 34.0 Å². The molecule has 0 spiro atoms. The Kier molecular flexibility index (Phi) is 3.22. The number of aromatic nitrogens is 1. The van der Waals surface area contributed by atoms with Crippen molar-refractivity contribution in [1.29, 1.82) is 0 Å². The number of hydrogen-bond acceptors (Lipinski definition) is 6. The summed E-state index contributed by atoms with van der Waals surface area (Å²) in [7, 11) is 0. The number of rotatable bonds is 2. The van der Waals surface area contributed by atoms with Crippen molar-refractivity contribution in [2.24, 2.45) is 0 Å². The number of anilines is 2. The molecule has 1 aliphatic heterocycles. The zero-order chi connectivity index (χ0) is 15.0. The molecule has 1 amide bonds. The molecule has 0 bridgehead atoms. The molecular formula is C13H11N3O4S. The van der Waals surface area contributed by atoms with Crippen LogP contribution in [0.5, 0.6) is 5.75 Å². The van der Waals surface area contributed by atoms with Crippen molar-refractivity contribution < 1.29 is 19.4 Å². The third kappa shape index (κ3) is 2.29. The number of carboxylic acids is 1. The number of nitrogens with two attached hydrogens (primary N) is 1. The van der Waals surface area contributed by atoms with Crippen LogP contribution in [0.2, 0.25) is 0 Å². The van der Waals surface area contributed by atoms with E-state index in [2.05, 4.69) is 4.98 Å². The van der Waals surface area contributed by atoms with Crippen LogP contribution in [0.1, 0.15) is 20.8 Å². The van der Waals surface area contributed by atoms with Crippen LogP contribution in [-0.4, -0.2) is 35.1 Å². The highest BCUT2D eigenvalue weighted by Crippen LogP contribution is 2.35. The lowest BCUT2D eigenvalue weighted by Gasteiger charge is -2.29. The van der Waals surface area contributed by atoms with Crippen LogP contribution >= 0.6 is 11.3 Å². The number of carboxylic acid groups (broad SMARTS) is 1. The maximum atomic E-state index is 12.5. The molecule has 1 aromatic heterocycles. The molecule has 3 N–H and O–H groups in total. The van der Waals surface area contributed by atoms with E-state index in [1.54, 1.807) is 17.5 Å². The molecule has 21 heavy (non-hydrogen) atoms. The largest absolute Gasteiger partial charge is 0.489 e. The molecule has 2 heterocycles. The lowest BCUT2D eigenvalue weighted by atomic mass is 10.1. The number of carbonyl (C=O) groups excluding carboxylic acids is 1. The zero-order valence-electron chi connectivity index (χ0n) is 10.8. The number of amides is 1. The van der Waals surface area contributed by atoms with Gasteiger partial charge in [0.05, 0.1) is 12.2 Å². The number of carbonyl (C=O) groups is 2. The number of nitrogens with zero attached hydrogens (tertiary/aromatic N) is 2. The van der Waals surface area contributed by atoms with Gasteiger partial charge in [0.25, 0.3) is 5.91 Å². The molecule has 0 radical (unpaired) electrons. The maximum Gasteiger partial charge on any atom is 0.339 e. The van der Waals surface area contributed by atoms with Gasteiger partial charge in [0.15, 0.2) is 10.9 Å². The molecule has 0 saturated heterocycles. The van der Waals surface area contributed by atoms with Crippen LogP contribution in [0, 0.1) is 0 Å². The summed E-state index contributed by atoms with van der Waals surface area (Å²) in [6.07, 6.45) is 0. The van der Waals surface area contributed by atoms with Gasteiger partial charge in [-0.15, -0.1) is 11.3 Å². The summed E-state index contributed by atoms with van der Waals surface area (Å²) in [6, 6.07) is 4.66. The van der Waals surface area contributed by atoms with Crippen LogP contribution in [0.15, 0.2) is 23.6 Å². The zero-order valence-corrected chi connectivity index (χ0v) is 11.6. The molecule has 0 atom stereocenters. The van der Waals surface area contributed by atoms with E-state index in [4.69, 9.17) is 10.5 Å². The van der Waals surface area contributed by atoms with Gasteiger partial charge in [0.1, 0.15) is 17.9 Å². The van der Waals surface area contributed by atoms with E-state index < -0.39 is 5.97 Å². The second-order valence-corrected chi connectivity index (χ2v) is 5.22. The van der Waals surface area contributed by atoms with Gasteiger partial charge in [-0.05, 0) is 12.1 Å². The van der Waals surface area contributed by atoms with E-state index in [0.717, 1.165) is 0 Å². The number of para-hydroxylation sites is 1. The Balaban J connectivity index is 2.03. The third-order valence-electron chi connectivity index (χ3n) is 3.06. The predicted octanol–water partition coefficient (Wildman–Crippen LogP) is 1.46. The van der Waals surface area contributed by atoms with Crippen LogP contribution in [0.25, 0.3) is 0 Å². The molecular weight excluding hydrogens is 294 g/mol. The molecule has 0 fully saturated rings. The second kappa shape index (κ2) is 5.06.